The molecule has 3 nitrogen and oxygen atoms in total. The molecule has 1 aromatic carbocycles. The number of nitrogens with zero attached hydrogens (tertiary/aromatic N) is 2. The van der Waals surface area contributed by atoms with Gasteiger partial charge in [0, 0.05) is 18.0 Å². The molecule has 0 spiro atoms. The number of hydrogen-bond acceptors (Lipinski definition) is 4. The van der Waals surface area contributed by atoms with Crippen LogP contribution < -0.4 is 5.73 Å². The van der Waals surface area contributed by atoms with E-state index in [9.17, 15) is 0 Å². The van der Waals surface area contributed by atoms with Gasteiger partial charge >= 0.3 is 0 Å². The van der Waals surface area contributed by atoms with Crippen LogP contribution in [0.3, 0.4) is 0 Å². The third-order valence-electron chi connectivity index (χ3n) is 2.78. The summed E-state index contributed by atoms with van der Waals surface area (Å²) in [5, 5.41) is 0.964. The Morgan fingerprint density at radius 3 is 2.61 bits per heavy atom. The highest BCUT2D eigenvalue weighted by atomic mass is 32.2. The van der Waals surface area contributed by atoms with Gasteiger partial charge < -0.3 is 5.73 Å². The summed E-state index contributed by atoms with van der Waals surface area (Å²) in [7, 11) is 0. The zero-order valence-electron chi connectivity index (χ0n) is 10.4. The van der Waals surface area contributed by atoms with Gasteiger partial charge in [-0.15, -0.1) is 11.8 Å². The zero-order chi connectivity index (χ0) is 12.8. The molecule has 2 N–H and O–H groups in total. The molecule has 0 radical (unpaired) electrons. The van der Waals surface area contributed by atoms with Crippen LogP contribution in [0.1, 0.15) is 24.1 Å². The predicted octanol–water partition coefficient (Wildman–Crippen LogP) is 2.83. The van der Waals surface area contributed by atoms with Gasteiger partial charge in [0.2, 0.25) is 0 Å². The van der Waals surface area contributed by atoms with Crippen LogP contribution in [-0.4, -0.2) is 15.7 Å². The van der Waals surface area contributed by atoms with Crippen molar-refractivity contribution in [2.75, 3.05) is 5.75 Å². The average Bonchev–Trinajstić information content (AvgIpc) is 2.46. The smallest absolute Gasteiger partial charge is 0.116 e. The molecule has 1 atom stereocenters. The molecule has 94 valence electrons. The molecule has 0 aliphatic rings. The summed E-state index contributed by atoms with van der Waals surface area (Å²) in [6, 6.07) is 10.5. The Balaban J connectivity index is 1.93. The van der Waals surface area contributed by atoms with Crippen LogP contribution in [0.25, 0.3) is 0 Å². The first-order valence-corrected chi connectivity index (χ1v) is 7.01. The van der Waals surface area contributed by atoms with Crippen molar-refractivity contribution in [2.24, 2.45) is 5.73 Å². The molecule has 18 heavy (non-hydrogen) atoms. The zero-order valence-corrected chi connectivity index (χ0v) is 11.2. The van der Waals surface area contributed by atoms with Crippen molar-refractivity contribution in [1.29, 1.82) is 0 Å². The highest BCUT2D eigenvalue weighted by molar-refractivity contribution is 7.99. The lowest BCUT2D eigenvalue weighted by Crippen LogP contribution is -2.13. The number of hydrogen-bond donors (Lipinski definition) is 1. The fourth-order valence-electron chi connectivity index (χ4n) is 1.64. The number of aryl methyl sites for hydroxylation is 1. The maximum atomic E-state index is 6.17. The Morgan fingerprint density at radius 1 is 1.22 bits per heavy atom. The van der Waals surface area contributed by atoms with Gasteiger partial charge in [0.15, 0.2) is 0 Å². The summed E-state index contributed by atoms with van der Waals surface area (Å²) in [5.41, 5.74) is 8.69. The van der Waals surface area contributed by atoms with E-state index in [1.54, 1.807) is 24.3 Å². The molecule has 0 saturated carbocycles. The Labute approximate surface area is 112 Å². The fourth-order valence-corrected chi connectivity index (χ4v) is 2.46. The molecular weight excluding hydrogens is 242 g/mol. The van der Waals surface area contributed by atoms with Gasteiger partial charge in [-0.1, -0.05) is 31.2 Å². The van der Waals surface area contributed by atoms with Crippen LogP contribution in [-0.2, 0) is 6.42 Å². The highest BCUT2D eigenvalue weighted by Gasteiger charge is 2.07. The number of nitrogens with two attached hydrogens (primary N) is 1. The summed E-state index contributed by atoms with van der Waals surface area (Å²) in [6.07, 6.45) is 4.37. The summed E-state index contributed by atoms with van der Waals surface area (Å²) in [6.45, 7) is 2.15. The van der Waals surface area contributed by atoms with Gasteiger partial charge in [-0.3, -0.25) is 0 Å². The molecule has 2 aromatic rings. The summed E-state index contributed by atoms with van der Waals surface area (Å²) >= 11 is 1.66. The van der Waals surface area contributed by atoms with E-state index in [0.29, 0.717) is 0 Å². The van der Waals surface area contributed by atoms with Gasteiger partial charge in [-0.05, 0) is 23.6 Å². The minimum absolute atomic E-state index is 0.0378. The molecule has 0 saturated heterocycles. The summed E-state index contributed by atoms with van der Waals surface area (Å²) in [5.74, 6) is 0.822. The molecule has 1 unspecified atom stereocenters. The molecule has 0 aliphatic carbocycles. The van der Waals surface area contributed by atoms with Crippen molar-refractivity contribution in [3.05, 3.63) is 54.0 Å². The first kappa shape index (κ1) is 13.1. The van der Waals surface area contributed by atoms with Gasteiger partial charge in [0.1, 0.15) is 6.33 Å². The molecule has 0 aliphatic heterocycles. The first-order valence-electron chi connectivity index (χ1n) is 6.03. The lowest BCUT2D eigenvalue weighted by Gasteiger charge is -2.11. The van der Waals surface area contributed by atoms with Crippen molar-refractivity contribution in [3.8, 4) is 0 Å². The fraction of sp³-hybridized carbons (Fsp3) is 0.286. The van der Waals surface area contributed by atoms with Crippen LogP contribution in [0.5, 0.6) is 0 Å². The van der Waals surface area contributed by atoms with E-state index < -0.39 is 0 Å². The Hall–Kier alpha value is -1.39. The summed E-state index contributed by atoms with van der Waals surface area (Å²) in [4.78, 5) is 8.06. The van der Waals surface area contributed by atoms with Crippen LogP contribution in [0.15, 0.2) is 47.9 Å². The largest absolute Gasteiger partial charge is 0.323 e. The van der Waals surface area contributed by atoms with Gasteiger partial charge in [-0.2, -0.15) is 0 Å². The Kier molecular flexibility index (Phi) is 4.73. The Morgan fingerprint density at radius 2 is 2.00 bits per heavy atom. The van der Waals surface area contributed by atoms with Crippen LogP contribution >= 0.6 is 11.8 Å². The average molecular weight is 259 g/mol. The van der Waals surface area contributed by atoms with E-state index in [4.69, 9.17) is 5.73 Å². The maximum absolute atomic E-state index is 6.17. The number of thioether (sulfide) groups is 1. The second-order valence-corrected chi connectivity index (χ2v) is 5.10. The van der Waals surface area contributed by atoms with Crippen molar-refractivity contribution < 1.29 is 0 Å². The molecule has 2 rings (SSSR count). The number of rotatable bonds is 5. The van der Waals surface area contributed by atoms with E-state index in [0.717, 1.165) is 17.2 Å². The van der Waals surface area contributed by atoms with Crippen LogP contribution in [0.2, 0.25) is 0 Å². The summed E-state index contributed by atoms with van der Waals surface area (Å²) < 4.78 is 0. The van der Waals surface area contributed by atoms with E-state index >= 15 is 0 Å². The topological polar surface area (TPSA) is 51.8 Å². The van der Waals surface area contributed by atoms with Crippen molar-refractivity contribution >= 4 is 11.8 Å². The monoisotopic (exact) mass is 259 g/mol. The lowest BCUT2D eigenvalue weighted by atomic mass is 10.1. The number of benzene rings is 1. The molecular formula is C14H17N3S. The number of aromatic nitrogens is 2. The third kappa shape index (κ3) is 3.55. The van der Waals surface area contributed by atoms with Crippen molar-refractivity contribution in [3.63, 3.8) is 0 Å². The molecule has 4 heteroatoms. The van der Waals surface area contributed by atoms with Crippen LogP contribution in [0.4, 0.5) is 0 Å². The molecule has 1 aromatic heterocycles. The second-order valence-electron chi connectivity index (χ2n) is 4.06. The second kappa shape index (κ2) is 6.52. The SMILES string of the molecule is CCc1ccc(C(N)CSc2ccncn2)cc1. The maximum Gasteiger partial charge on any atom is 0.116 e. The normalized spacial score (nSPS) is 12.3. The lowest BCUT2D eigenvalue weighted by molar-refractivity contribution is 0.828. The molecule has 0 fully saturated rings. The van der Waals surface area contributed by atoms with E-state index in [1.165, 1.54) is 11.1 Å². The highest BCUT2D eigenvalue weighted by Crippen LogP contribution is 2.21. The minimum Gasteiger partial charge on any atom is -0.323 e. The third-order valence-corrected chi connectivity index (χ3v) is 3.84. The minimum atomic E-state index is 0.0378. The van der Waals surface area contributed by atoms with Gasteiger partial charge in [-0.25, -0.2) is 9.97 Å². The van der Waals surface area contributed by atoms with Gasteiger partial charge in [0.05, 0.1) is 5.03 Å². The predicted molar refractivity (Wildman–Crippen MR) is 75.5 cm³/mol. The standard InChI is InChI=1S/C14H17N3S/c1-2-11-3-5-12(6-4-11)13(15)9-18-14-7-8-16-10-17-14/h3-8,10,13H,2,9,15H2,1H3. The Bertz CT molecular complexity index is 470. The van der Waals surface area contributed by atoms with E-state index in [-0.39, 0.29) is 6.04 Å². The quantitative estimate of drug-likeness (QED) is 0.662. The van der Waals surface area contributed by atoms with E-state index in [2.05, 4.69) is 41.2 Å². The van der Waals surface area contributed by atoms with Gasteiger partial charge in [0.25, 0.3) is 0 Å². The molecule has 1 heterocycles. The first-order chi connectivity index (χ1) is 8.79. The van der Waals surface area contributed by atoms with E-state index in [1.807, 2.05) is 6.07 Å². The van der Waals surface area contributed by atoms with Crippen molar-refractivity contribution in [2.45, 2.75) is 24.4 Å². The molecule has 0 bridgehead atoms. The van der Waals surface area contributed by atoms with Crippen molar-refractivity contribution in [1.82, 2.24) is 9.97 Å². The molecule has 0 amide bonds. The van der Waals surface area contributed by atoms with Crippen LogP contribution in [0, 0.1) is 0 Å².